The molecule has 6 heteroatoms. The minimum atomic E-state index is -0.928. The number of carbonyl (C=O) groups excluding carboxylic acids is 1. The average Bonchev–Trinajstić information content (AvgIpc) is 3.01. The summed E-state index contributed by atoms with van der Waals surface area (Å²) >= 11 is 3.50. The second-order valence-corrected chi connectivity index (χ2v) is 7.65. The van der Waals surface area contributed by atoms with E-state index in [4.69, 9.17) is 4.74 Å². The highest BCUT2D eigenvalue weighted by Gasteiger charge is 2.39. The molecule has 0 aromatic carbocycles. The van der Waals surface area contributed by atoms with Crippen molar-refractivity contribution in [2.24, 2.45) is 0 Å². The van der Waals surface area contributed by atoms with Gasteiger partial charge in [-0.1, -0.05) is 0 Å². The van der Waals surface area contributed by atoms with Gasteiger partial charge in [0.2, 0.25) is 0 Å². The van der Waals surface area contributed by atoms with Gasteiger partial charge in [0.25, 0.3) is 5.91 Å². The van der Waals surface area contributed by atoms with Gasteiger partial charge < -0.3 is 15.2 Å². The van der Waals surface area contributed by atoms with E-state index in [1.165, 1.54) is 10.4 Å². The van der Waals surface area contributed by atoms with Crippen molar-refractivity contribution in [2.45, 2.75) is 37.2 Å². The first kappa shape index (κ1) is 14.4. The van der Waals surface area contributed by atoms with Crippen LogP contribution in [0.3, 0.4) is 0 Å². The quantitative estimate of drug-likeness (QED) is 0.893. The van der Waals surface area contributed by atoms with Gasteiger partial charge in [0.05, 0.1) is 11.0 Å². The molecule has 110 valence electrons. The van der Waals surface area contributed by atoms with Gasteiger partial charge >= 0.3 is 0 Å². The van der Waals surface area contributed by atoms with E-state index in [9.17, 15) is 9.90 Å². The highest BCUT2D eigenvalue weighted by atomic mass is 32.2. The second-order valence-electron chi connectivity index (χ2n) is 5.41. The standard InChI is InChI=1S/C14H19NO3S2/c1-9-14(17,3-4-18-9)8-15-13(16)12-6-10-7-19-5-2-11(10)20-12/h6,9,17H,2-5,7-8H2,1H3,(H,15,16). The summed E-state index contributed by atoms with van der Waals surface area (Å²) < 4.78 is 5.37. The van der Waals surface area contributed by atoms with E-state index in [-0.39, 0.29) is 18.6 Å². The molecule has 2 unspecified atom stereocenters. The number of fused-ring (bicyclic) bond motifs is 1. The van der Waals surface area contributed by atoms with Crippen molar-refractivity contribution in [1.29, 1.82) is 0 Å². The lowest BCUT2D eigenvalue weighted by atomic mass is 9.97. The molecule has 3 rings (SSSR count). The lowest BCUT2D eigenvalue weighted by molar-refractivity contribution is -0.0251. The van der Waals surface area contributed by atoms with Gasteiger partial charge in [0.1, 0.15) is 5.60 Å². The van der Waals surface area contributed by atoms with Crippen molar-refractivity contribution < 1.29 is 14.6 Å². The Morgan fingerprint density at radius 2 is 2.50 bits per heavy atom. The molecule has 2 N–H and O–H groups in total. The number of hydrogen-bond donors (Lipinski definition) is 2. The predicted molar refractivity (Wildman–Crippen MR) is 81.5 cm³/mol. The van der Waals surface area contributed by atoms with Crippen molar-refractivity contribution in [3.05, 3.63) is 21.4 Å². The summed E-state index contributed by atoms with van der Waals surface area (Å²) in [6.07, 6.45) is 1.41. The summed E-state index contributed by atoms with van der Waals surface area (Å²) in [7, 11) is 0. The molecule has 2 aliphatic rings. The van der Waals surface area contributed by atoms with Crippen molar-refractivity contribution >= 4 is 29.0 Å². The van der Waals surface area contributed by atoms with Crippen LogP contribution in [0, 0.1) is 0 Å². The molecule has 1 aromatic heterocycles. The Kier molecular flexibility index (Phi) is 4.08. The molecule has 1 amide bonds. The smallest absolute Gasteiger partial charge is 0.261 e. The average molecular weight is 313 g/mol. The fourth-order valence-electron chi connectivity index (χ4n) is 2.58. The van der Waals surface area contributed by atoms with Crippen LogP contribution in [0.2, 0.25) is 0 Å². The first-order valence-electron chi connectivity index (χ1n) is 6.90. The van der Waals surface area contributed by atoms with Gasteiger partial charge in [0, 0.05) is 30.2 Å². The van der Waals surface area contributed by atoms with Gasteiger partial charge in [-0.25, -0.2) is 0 Å². The lowest BCUT2D eigenvalue weighted by Crippen LogP contribution is -2.47. The van der Waals surface area contributed by atoms with E-state index in [2.05, 4.69) is 5.32 Å². The van der Waals surface area contributed by atoms with E-state index >= 15 is 0 Å². The van der Waals surface area contributed by atoms with E-state index < -0.39 is 5.60 Å². The number of nitrogens with one attached hydrogen (secondary N) is 1. The zero-order valence-corrected chi connectivity index (χ0v) is 13.1. The van der Waals surface area contributed by atoms with Gasteiger partial charge in [-0.15, -0.1) is 11.3 Å². The van der Waals surface area contributed by atoms with E-state index in [0.29, 0.717) is 13.0 Å². The van der Waals surface area contributed by atoms with E-state index in [0.717, 1.165) is 22.8 Å². The molecule has 4 nitrogen and oxygen atoms in total. The molecule has 0 bridgehead atoms. The number of thioether (sulfide) groups is 1. The fourth-order valence-corrected chi connectivity index (χ4v) is 4.87. The number of aryl methyl sites for hydroxylation is 1. The molecule has 0 aliphatic carbocycles. The molecule has 2 atom stereocenters. The van der Waals surface area contributed by atoms with Crippen LogP contribution in [0.5, 0.6) is 0 Å². The van der Waals surface area contributed by atoms with Crippen LogP contribution >= 0.6 is 23.1 Å². The first-order chi connectivity index (χ1) is 9.58. The molecule has 1 saturated heterocycles. The topological polar surface area (TPSA) is 58.6 Å². The number of thiophene rings is 1. The van der Waals surface area contributed by atoms with Gasteiger partial charge in [0.15, 0.2) is 0 Å². The summed E-state index contributed by atoms with van der Waals surface area (Å²) in [5.41, 5.74) is 0.371. The molecule has 0 spiro atoms. The number of hydrogen-bond acceptors (Lipinski definition) is 5. The molecule has 3 heterocycles. The number of rotatable bonds is 3. The zero-order valence-electron chi connectivity index (χ0n) is 11.5. The van der Waals surface area contributed by atoms with Crippen molar-refractivity contribution in [2.75, 3.05) is 18.9 Å². The monoisotopic (exact) mass is 313 g/mol. The Morgan fingerprint density at radius 3 is 3.20 bits per heavy atom. The van der Waals surface area contributed by atoms with Crippen LogP contribution in [0.1, 0.15) is 33.5 Å². The third-order valence-electron chi connectivity index (χ3n) is 4.07. The molecule has 1 fully saturated rings. The van der Waals surface area contributed by atoms with Crippen molar-refractivity contribution in [3.63, 3.8) is 0 Å². The minimum absolute atomic E-state index is 0.0816. The van der Waals surface area contributed by atoms with Crippen LogP contribution in [0.15, 0.2) is 6.07 Å². The summed E-state index contributed by atoms with van der Waals surface area (Å²) in [6.45, 7) is 2.66. The highest BCUT2D eigenvalue weighted by Crippen LogP contribution is 2.32. The van der Waals surface area contributed by atoms with Crippen molar-refractivity contribution in [1.82, 2.24) is 5.32 Å². The number of ether oxygens (including phenoxy) is 1. The minimum Gasteiger partial charge on any atom is -0.385 e. The fraction of sp³-hybridized carbons (Fsp3) is 0.643. The van der Waals surface area contributed by atoms with Gasteiger partial charge in [-0.2, -0.15) is 11.8 Å². The molecular formula is C14H19NO3S2. The first-order valence-corrected chi connectivity index (χ1v) is 8.87. The van der Waals surface area contributed by atoms with Crippen LogP contribution in [-0.4, -0.2) is 41.6 Å². The third kappa shape index (κ3) is 2.74. The maximum absolute atomic E-state index is 12.2. The Balaban J connectivity index is 1.63. The summed E-state index contributed by atoms with van der Waals surface area (Å²) in [5, 5.41) is 13.2. The third-order valence-corrected chi connectivity index (χ3v) is 6.31. The van der Waals surface area contributed by atoms with Gasteiger partial charge in [-0.05, 0) is 30.7 Å². The summed E-state index contributed by atoms with van der Waals surface area (Å²) in [5.74, 6) is 2.07. The molecule has 1 aromatic rings. The molecule has 2 aliphatic heterocycles. The Hall–Kier alpha value is -0.560. The molecule has 20 heavy (non-hydrogen) atoms. The molecular weight excluding hydrogens is 294 g/mol. The number of aliphatic hydroxyl groups is 1. The SMILES string of the molecule is CC1OCCC1(O)CNC(=O)c1cc2c(s1)CCSC2. The van der Waals surface area contributed by atoms with Crippen molar-refractivity contribution in [3.8, 4) is 0 Å². The summed E-state index contributed by atoms with van der Waals surface area (Å²) in [6, 6.07) is 2.00. The number of carbonyl (C=O) groups is 1. The second kappa shape index (κ2) is 5.67. The van der Waals surface area contributed by atoms with Crippen LogP contribution in [0.4, 0.5) is 0 Å². The van der Waals surface area contributed by atoms with E-state index in [1.807, 2.05) is 24.8 Å². The lowest BCUT2D eigenvalue weighted by Gasteiger charge is -2.25. The van der Waals surface area contributed by atoms with Crippen LogP contribution in [-0.2, 0) is 16.9 Å². The van der Waals surface area contributed by atoms with Gasteiger partial charge in [-0.3, -0.25) is 4.79 Å². The maximum Gasteiger partial charge on any atom is 0.261 e. The Bertz CT molecular complexity index is 493. The molecule has 0 radical (unpaired) electrons. The van der Waals surface area contributed by atoms with Crippen LogP contribution < -0.4 is 5.32 Å². The Labute approximate surface area is 126 Å². The van der Waals surface area contributed by atoms with Crippen LogP contribution in [0.25, 0.3) is 0 Å². The number of amides is 1. The zero-order chi connectivity index (χ0) is 14.2. The normalized spacial score (nSPS) is 29.2. The summed E-state index contributed by atoms with van der Waals surface area (Å²) in [4.78, 5) is 14.3. The Morgan fingerprint density at radius 1 is 1.65 bits per heavy atom. The van der Waals surface area contributed by atoms with E-state index in [1.54, 1.807) is 11.3 Å². The largest absolute Gasteiger partial charge is 0.385 e. The predicted octanol–water partition coefficient (Wildman–Crippen LogP) is 1.81. The maximum atomic E-state index is 12.2. The molecule has 0 saturated carbocycles. The highest BCUT2D eigenvalue weighted by molar-refractivity contribution is 7.98.